The van der Waals surface area contributed by atoms with Gasteiger partial charge in [0.2, 0.25) is 5.91 Å². The van der Waals surface area contributed by atoms with Gasteiger partial charge in [0, 0.05) is 5.69 Å². The SMILES string of the molecule is O=C(CC[NH+]1CC[NH+](C/C=C/c2ccccc2)CC1)Nc1ccc(F)cc1. The molecule has 1 heterocycles. The summed E-state index contributed by atoms with van der Waals surface area (Å²) in [5, 5.41) is 2.83. The lowest BCUT2D eigenvalue weighted by Gasteiger charge is -2.29. The van der Waals surface area contributed by atoms with Crippen molar-refractivity contribution in [2.75, 3.05) is 44.6 Å². The Labute approximate surface area is 160 Å². The third kappa shape index (κ3) is 6.62. The Morgan fingerprint density at radius 3 is 2.33 bits per heavy atom. The van der Waals surface area contributed by atoms with Crippen LogP contribution in [-0.4, -0.2) is 45.2 Å². The van der Waals surface area contributed by atoms with E-state index in [0.29, 0.717) is 12.1 Å². The van der Waals surface area contributed by atoms with Gasteiger partial charge in [0.1, 0.15) is 32.0 Å². The molecule has 0 radical (unpaired) electrons. The van der Waals surface area contributed by atoms with Crippen LogP contribution >= 0.6 is 0 Å². The van der Waals surface area contributed by atoms with E-state index in [2.05, 4.69) is 41.7 Å². The number of hydrogen-bond acceptors (Lipinski definition) is 1. The average molecular weight is 369 g/mol. The van der Waals surface area contributed by atoms with E-state index in [1.54, 1.807) is 17.0 Å². The molecule has 3 N–H and O–H groups in total. The monoisotopic (exact) mass is 369 g/mol. The maximum Gasteiger partial charge on any atom is 0.230 e. The quantitative estimate of drug-likeness (QED) is 0.659. The molecule has 0 saturated carbocycles. The highest BCUT2D eigenvalue weighted by atomic mass is 19.1. The zero-order valence-electron chi connectivity index (χ0n) is 15.6. The van der Waals surface area contributed by atoms with Crippen molar-refractivity contribution >= 4 is 17.7 Å². The number of carbonyl (C=O) groups excluding carboxylic acids is 1. The largest absolute Gasteiger partial charge is 0.326 e. The second-order valence-electron chi connectivity index (χ2n) is 7.07. The molecular formula is C22H28FN3O+2. The molecule has 4 nitrogen and oxygen atoms in total. The number of nitrogens with one attached hydrogen (secondary N) is 3. The van der Waals surface area contributed by atoms with Gasteiger partial charge >= 0.3 is 0 Å². The van der Waals surface area contributed by atoms with Gasteiger partial charge in [-0.2, -0.15) is 0 Å². The topological polar surface area (TPSA) is 38.0 Å². The van der Waals surface area contributed by atoms with Gasteiger partial charge in [0.25, 0.3) is 0 Å². The van der Waals surface area contributed by atoms with Gasteiger partial charge in [-0.3, -0.25) is 4.79 Å². The van der Waals surface area contributed by atoms with Gasteiger partial charge in [0.05, 0.1) is 19.5 Å². The molecule has 5 heteroatoms. The molecule has 0 spiro atoms. The molecule has 1 aliphatic heterocycles. The Hall–Kier alpha value is -2.50. The minimum Gasteiger partial charge on any atom is -0.326 e. The number of halogens is 1. The lowest BCUT2D eigenvalue weighted by atomic mass is 10.2. The van der Waals surface area contributed by atoms with Gasteiger partial charge in [0.15, 0.2) is 0 Å². The number of rotatable bonds is 7. The van der Waals surface area contributed by atoms with Crippen molar-refractivity contribution in [1.82, 2.24) is 0 Å². The second kappa shape index (κ2) is 10.00. The maximum atomic E-state index is 12.9. The Morgan fingerprint density at radius 1 is 0.963 bits per heavy atom. The van der Waals surface area contributed by atoms with Crippen LogP contribution in [0.15, 0.2) is 60.7 Å². The molecule has 142 valence electrons. The molecule has 1 aliphatic rings. The molecule has 1 saturated heterocycles. The fraction of sp³-hybridized carbons (Fsp3) is 0.318. The average Bonchev–Trinajstić information content (AvgIpc) is 2.70. The Kier molecular flexibility index (Phi) is 7.13. The van der Waals surface area contributed by atoms with Crippen molar-refractivity contribution in [3.63, 3.8) is 0 Å². The molecule has 2 aromatic rings. The summed E-state index contributed by atoms with van der Waals surface area (Å²) in [6.07, 6.45) is 4.94. The van der Waals surface area contributed by atoms with Crippen LogP contribution in [0.25, 0.3) is 6.08 Å². The highest BCUT2D eigenvalue weighted by Gasteiger charge is 2.22. The standard InChI is InChI=1S/C22H26FN3O/c23-20-8-10-21(11-9-20)24-22(27)12-14-26-17-15-25(16-18-26)13-4-7-19-5-2-1-3-6-19/h1-11H,12-18H2,(H,24,27)/p+2/b7-4+. The first-order chi connectivity index (χ1) is 13.2. The molecule has 0 aromatic heterocycles. The van der Waals surface area contributed by atoms with Gasteiger partial charge < -0.3 is 15.1 Å². The molecule has 0 unspecified atom stereocenters. The van der Waals surface area contributed by atoms with Crippen LogP contribution in [0.2, 0.25) is 0 Å². The molecule has 3 rings (SSSR count). The summed E-state index contributed by atoms with van der Waals surface area (Å²) in [7, 11) is 0. The predicted octanol–water partition coefficient (Wildman–Crippen LogP) is 0.651. The van der Waals surface area contributed by atoms with Crippen molar-refractivity contribution < 1.29 is 19.0 Å². The number of amides is 1. The van der Waals surface area contributed by atoms with Crippen molar-refractivity contribution in [3.8, 4) is 0 Å². The molecule has 0 atom stereocenters. The van der Waals surface area contributed by atoms with Crippen molar-refractivity contribution in [1.29, 1.82) is 0 Å². The first-order valence-corrected chi connectivity index (χ1v) is 9.63. The summed E-state index contributed by atoms with van der Waals surface area (Å²) in [4.78, 5) is 15.1. The third-order valence-electron chi connectivity index (χ3n) is 5.01. The van der Waals surface area contributed by atoms with Crippen LogP contribution < -0.4 is 15.1 Å². The lowest BCUT2D eigenvalue weighted by molar-refractivity contribution is -1.01. The number of piperazine rings is 1. The molecule has 1 fully saturated rings. The van der Waals surface area contributed by atoms with Crippen LogP contribution in [-0.2, 0) is 4.79 Å². The summed E-state index contributed by atoms with van der Waals surface area (Å²) in [5.41, 5.74) is 1.89. The van der Waals surface area contributed by atoms with E-state index >= 15 is 0 Å². The summed E-state index contributed by atoms with van der Waals surface area (Å²) >= 11 is 0. The lowest BCUT2D eigenvalue weighted by Crippen LogP contribution is -3.28. The summed E-state index contributed by atoms with van der Waals surface area (Å²) in [5.74, 6) is -0.300. The zero-order chi connectivity index (χ0) is 18.9. The first-order valence-electron chi connectivity index (χ1n) is 9.63. The number of anilines is 1. The predicted molar refractivity (Wildman–Crippen MR) is 106 cm³/mol. The first kappa shape index (κ1) is 19.3. The molecule has 2 aromatic carbocycles. The van der Waals surface area contributed by atoms with Gasteiger partial charge in [-0.25, -0.2) is 4.39 Å². The Bertz CT molecular complexity index is 738. The normalized spacial score (nSPS) is 19.9. The van der Waals surface area contributed by atoms with E-state index in [9.17, 15) is 9.18 Å². The van der Waals surface area contributed by atoms with Crippen LogP contribution in [0.3, 0.4) is 0 Å². The van der Waals surface area contributed by atoms with Crippen LogP contribution in [0.1, 0.15) is 12.0 Å². The summed E-state index contributed by atoms with van der Waals surface area (Å²) in [6, 6.07) is 16.3. The van der Waals surface area contributed by atoms with E-state index < -0.39 is 0 Å². The molecular weight excluding hydrogens is 341 g/mol. The number of benzene rings is 2. The third-order valence-corrected chi connectivity index (χ3v) is 5.01. The van der Waals surface area contributed by atoms with Gasteiger partial charge in [-0.1, -0.05) is 36.4 Å². The smallest absolute Gasteiger partial charge is 0.230 e. The Morgan fingerprint density at radius 2 is 1.63 bits per heavy atom. The molecule has 0 aliphatic carbocycles. The fourth-order valence-electron chi connectivity index (χ4n) is 3.38. The van der Waals surface area contributed by atoms with E-state index in [4.69, 9.17) is 0 Å². The fourth-order valence-corrected chi connectivity index (χ4v) is 3.38. The van der Waals surface area contributed by atoms with E-state index in [0.717, 1.165) is 39.3 Å². The minimum atomic E-state index is -0.295. The number of quaternary nitrogens is 2. The molecule has 1 amide bonds. The zero-order valence-corrected chi connectivity index (χ0v) is 15.6. The van der Waals surface area contributed by atoms with Crippen LogP contribution in [0.4, 0.5) is 10.1 Å². The van der Waals surface area contributed by atoms with E-state index in [1.807, 2.05) is 6.07 Å². The molecule has 0 bridgehead atoms. The Balaban J connectivity index is 1.32. The van der Waals surface area contributed by atoms with E-state index in [1.165, 1.54) is 22.6 Å². The number of hydrogen-bond donors (Lipinski definition) is 3. The highest BCUT2D eigenvalue weighted by Crippen LogP contribution is 2.08. The summed E-state index contributed by atoms with van der Waals surface area (Å²) < 4.78 is 12.9. The van der Waals surface area contributed by atoms with Crippen molar-refractivity contribution in [3.05, 3.63) is 72.1 Å². The minimum absolute atomic E-state index is 0.00493. The van der Waals surface area contributed by atoms with Crippen molar-refractivity contribution in [2.45, 2.75) is 6.42 Å². The van der Waals surface area contributed by atoms with Crippen molar-refractivity contribution in [2.24, 2.45) is 0 Å². The second-order valence-corrected chi connectivity index (χ2v) is 7.07. The maximum absolute atomic E-state index is 12.9. The number of carbonyl (C=O) groups is 1. The van der Waals surface area contributed by atoms with Crippen LogP contribution in [0.5, 0.6) is 0 Å². The van der Waals surface area contributed by atoms with Crippen LogP contribution in [0, 0.1) is 5.82 Å². The summed E-state index contributed by atoms with van der Waals surface area (Å²) in [6.45, 7) is 6.35. The van der Waals surface area contributed by atoms with Gasteiger partial charge in [-0.05, 0) is 35.9 Å². The van der Waals surface area contributed by atoms with E-state index in [-0.39, 0.29) is 11.7 Å². The highest BCUT2D eigenvalue weighted by molar-refractivity contribution is 5.90. The van der Waals surface area contributed by atoms with Gasteiger partial charge in [-0.15, -0.1) is 0 Å². The molecule has 27 heavy (non-hydrogen) atoms.